The zero-order valence-corrected chi connectivity index (χ0v) is 9.54. The molecule has 1 atom stereocenters. The number of hydrogen-bond acceptors (Lipinski definition) is 3. The Bertz CT molecular complexity index is 197. The van der Waals surface area contributed by atoms with Gasteiger partial charge in [-0.25, -0.2) is 0 Å². The number of rotatable bonds is 4. The highest BCUT2D eigenvalue weighted by Crippen LogP contribution is 2.27. The molecular weight excluding hydrogens is 178 g/mol. The average molecular weight is 199 g/mol. The van der Waals surface area contributed by atoms with Crippen LogP contribution in [0.25, 0.3) is 0 Å². The van der Waals surface area contributed by atoms with Crippen molar-refractivity contribution in [3.8, 4) is 0 Å². The molecule has 1 fully saturated rings. The molecule has 0 saturated heterocycles. The monoisotopic (exact) mass is 199 g/mol. The van der Waals surface area contributed by atoms with Gasteiger partial charge in [0.1, 0.15) is 6.04 Å². The summed E-state index contributed by atoms with van der Waals surface area (Å²) in [5.74, 6) is 0.955. The molecule has 14 heavy (non-hydrogen) atoms. The molecule has 0 radical (unpaired) electrons. The third-order valence-corrected chi connectivity index (χ3v) is 2.91. The molecule has 1 aliphatic rings. The van der Waals surface area contributed by atoms with Crippen LogP contribution < -0.4 is 5.32 Å². The highest BCUT2D eigenvalue weighted by molar-refractivity contribution is 5.76. The second kappa shape index (κ2) is 4.78. The lowest BCUT2D eigenvalue weighted by atomic mass is 9.81. The van der Waals surface area contributed by atoms with Crippen molar-refractivity contribution in [2.75, 3.05) is 7.11 Å². The summed E-state index contributed by atoms with van der Waals surface area (Å²) in [4.78, 5) is 11.4. The van der Waals surface area contributed by atoms with Crippen molar-refractivity contribution < 1.29 is 9.53 Å². The summed E-state index contributed by atoms with van der Waals surface area (Å²) in [6.07, 6.45) is 2.36. The molecule has 0 heterocycles. The fourth-order valence-electron chi connectivity index (χ4n) is 1.95. The number of ether oxygens (including phenoxy) is 1. The Kier molecular flexibility index (Phi) is 3.93. The van der Waals surface area contributed by atoms with Crippen molar-refractivity contribution in [1.82, 2.24) is 5.32 Å². The standard InChI is InChI=1S/C11H21NO2/c1-7(2)10(11(13)14-4)12-9-5-8(3)6-9/h7-10,12H,5-6H2,1-4H3. The Morgan fingerprint density at radius 2 is 2.00 bits per heavy atom. The maximum atomic E-state index is 11.4. The summed E-state index contributed by atoms with van der Waals surface area (Å²) in [6.45, 7) is 6.31. The van der Waals surface area contributed by atoms with Gasteiger partial charge < -0.3 is 10.1 Å². The molecule has 1 saturated carbocycles. The van der Waals surface area contributed by atoms with Crippen LogP contribution in [0.5, 0.6) is 0 Å². The molecule has 0 aromatic carbocycles. The van der Waals surface area contributed by atoms with Crippen LogP contribution >= 0.6 is 0 Å². The van der Waals surface area contributed by atoms with Gasteiger partial charge >= 0.3 is 5.97 Å². The largest absolute Gasteiger partial charge is 0.468 e. The predicted molar refractivity (Wildman–Crippen MR) is 56.0 cm³/mol. The molecule has 0 amide bonds. The smallest absolute Gasteiger partial charge is 0.323 e. The van der Waals surface area contributed by atoms with Crippen LogP contribution in [0.4, 0.5) is 0 Å². The highest BCUT2D eigenvalue weighted by atomic mass is 16.5. The minimum atomic E-state index is -0.141. The molecule has 1 N–H and O–H groups in total. The van der Waals surface area contributed by atoms with Gasteiger partial charge in [-0.3, -0.25) is 4.79 Å². The van der Waals surface area contributed by atoms with E-state index < -0.39 is 0 Å². The lowest BCUT2D eigenvalue weighted by molar-refractivity contribution is -0.144. The van der Waals surface area contributed by atoms with Crippen molar-refractivity contribution in [1.29, 1.82) is 0 Å². The van der Waals surface area contributed by atoms with E-state index in [1.807, 2.05) is 13.8 Å². The Balaban J connectivity index is 2.40. The lowest BCUT2D eigenvalue weighted by Crippen LogP contribution is -2.51. The third-order valence-electron chi connectivity index (χ3n) is 2.91. The summed E-state index contributed by atoms with van der Waals surface area (Å²) < 4.78 is 4.77. The van der Waals surface area contributed by atoms with Gasteiger partial charge in [-0.05, 0) is 24.7 Å². The second-order valence-corrected chi connectivity index (χ2v) is 4.69. The van der Waals surface area contributed by atoms with Gasteiger partial charge in [-0.2, -0.15) is 0 Å². The normalized spacial score (nSPS) is 28.4. The highest BCUT2D eigenvalue weighted by Gasteiger charge is 2.31. The first kappa shape index (κ1) is 11.5. The van der Waals surface area contributed by atoms with Gasteiger partial charge in [0, 0.05) is 6.04 Å². The summed E-state index contributed by atoms with van der Waals surface area (Å²) in [7, 11) is 1.45. The second-order valence-electron chi connectivity index (χ2n) is 4.69. The zero-order valence-electron chi connectivity index (χ0n) is 9.54. The number of esters is 1. The maximum absolute atomic E-state index is 11.4. The molecule has 1 unspecified atom stereocenters. The van der Waals surface area contributed by atoms with Crippen LogP contribution in [0.1, 0.15) is 33.6 Å². The van der Waals surface area contributed by atoms with Crippen molar-refractivity contribution in [2.45, 2.75) is 45.7 Å². The molecule has 82 valence electrons. The molecule has 0 bridgehead atoms. The van der Waals surface area contributed by atoms with Crippen LogP contribution in [0.2, 0.25) is 0 Å². The quantitative estimate of drug-likeness (QED) is 0.698. The number of hydrogen-bond donors (Lipinski definition) is 1. The first-order valence-corrected chi connectivity index (χ1v) is 5.38. The van der Waals surface area contributed by atoms with Gasteiger partial charge in [0.2, 0.25) is 0 Å². The average Bonchev–Trinajstić information content (AvgIpc) is 2.08. The first-order chi connectivity index (χ1) is 6.54. The Morgan fingerprint density at radius 3 is 2.36 bits per heavy atom. The summed E-state index contributed by atoms with van der Waals surface area (Å²) in [6, 6.07) is 0.369. The van der Waals surface area contributed by atoms with Crippen LogP contribution in [-0.2, 0) is 9.53 Å². The molecule has 3 heteroatoms. The van der Waals surface area contributed by atoms with E-state index in [-0.39, 0.29) is 12.0 Å². The number of nitrogens with one attached hydrogen (secondary N) is 1. The first-order valence-electron chi connectivity index (χ1n) is 5.38. The van der Waals surface area contributed by atoms with E-state index in [0.717, 1.165) is 5.92 Å². The van der Waals surface area contributed by atoms with Gasteiger partial charge in [0.25, 0.3) is 0 Å². The zero-order chi connectivity index (χ0) is 10.7. The van der Waals surface area contributed by atoms with E-state index in [9.17, 15) is 4.79 Å². The van der Waals surface area contributed by atoms with Crippen LogP contribution in [0.3, 0.4) is 0 Å². The number of carbonyl (C=O) groups is 1. The molecular formula is C11H21NO2. The fourth-order valence-corrected chi connectivity index (χ4v) is 1.95. The molecule has 1 rings (SSSR count). The molecule has 1 aliphatic carbocycles. The minimum Gasteiger partial charge on any atom is -0.468 e. The minimum absolute atomic E-state index is 0.139. The Labute approximate surface area is 86.2 Å². The van der Waals surface area contributed by atoms with E-state index in [2.05, 4.69) is 12.2 Å². The summed E-state index contributed by atoms with van der Waals surface area (Å²) >= 11 is 0. The van der Waals surface area contributed by atoms with Crippen molar-refractivity contribution >= 4 is 5.97 Å². The lowest BCUT2D eigenvalue weighted by Gasteiger charge is -2.36. The molecule has 0 aromatic heterocycles. The summed E-state index contributed by atoms with van der Waals surface area (Å²) in [5, 5.41) is 3.36. The van der Waals surface area contributed by atoms with Gasteiger partial charge in [0.15, 0.2) is 0 Å². The van der Waals surface area contributed by atoms with Gasteiger partial charge in [-0.15, -0.1) is 0 Å². The van der Waals surface area contributed by atoms with Crippen LogP contribution in [-0.4, -0.2) is 25.2 Å². The van der Waals surface area contributed by atoms with E-state index in [0.29, 0.717) is 12.0 Å². The Hall–Kier alpha value is -0.570. The third kappa shape index (κ3) is 2.71. The SMILES string of the molecule is COC(=O)C(NC1CC(C)C1)C(C)C. The predicted octanol–water partition coefficient (Wildman–Crippen LogP) is 1.57. The number of carbonyl (C=O) groups excluding carboxylic acids is 1. The maximum Gasteiger partial charge on any atom is 0.323 e. The molecule has 0 aliphatic heterocycles. The van der Waals surface area contributed by atoms with E-state index in [1.54, 1.807) is 0 Å². The molecule has 3 nitrogen and oxygen atoms in total. The van der Waals surface area contributed by atoms with Crippen molar-refractivity contribution in [2.24, 2.45) is 11.8 Å². The Morgan fingerprint density at radius 1 is 1.43 bits per heavy atom. The van der Waals surface area contributed by atoms with E-state index in [4.69, 9.17) is 4.74 Å². The topological polar surface area (TPSA) is 38.3 Å². The number of methoxy groups -OCH3 is 1. The van der Waals surface area contributed by atoms with E-state index >= 15 is 0 Å². The molecule has 0 aromatic rings. The van der Waals surface area contributed by atoms with Gasteiger partial charge in [0.05, 0.1) is 7.11 Å². The molecule has 0 spiro atoms. The summed E-state index contributed by atoms with van der Waals surface area (Å²) in [5.41, 5.74) is 0. The van der Waals surface area contributed by atoms with E-state index in [1.165, 1.54) is 20.0 Å². The fraction of sp³-hybridized carbons (Fsp3) is 0.909. The van der Waals surface area contributed by atoms with Crippen LogP contribution in [0.15, 0.2) is 0 Å². The van der Waals surface area contributed by atoms with Crippen molar-refractivity contribution in [3.05, 3.63) is 0 Å². The van der Waals surface area contributed by atoms with Crippen molar-refractivity contribution in [3.63, 3.8) is 0 Å². The van der Waals surface area contributed by atoms with Crippen LogP contribution in [0, 0.1) is 11.8 Å². The van der Waals surface area contributed by atoms with Gasteiger partial charge in [-0.1, -0.05) is 20.8 Å².